The SMILES string of the molecule is CCCCCCCCCCC(CCCCCCCC)CN(C(=O)CO)c1ccc(N(CC(CCCCCCCC)CCCCCCCCCC)C(=O)CO)cc1. The number of aliphatic hydroxyl groups excluding tert-OH is 2. The lowest BCUT2D eigenvalue weighted by molar-refractivity contribution is -0.122. The summed E-state index contributed by atoms with van der Waals surface area (Å²) in [5.41, 5.74) is 1.55. The van der Waals surface area contributed by atoms with Crippen LogP contribution >= 0.6 is 0 Å². The van der Waals surface area contributed by atoms with Crippen LogP contribution in [0, 0.1) is 11.8 Å². The maximum atomic E-state index is 13.3. The first-order valence-corrected chi connectivity index (χ1v) is 24.4. The van der Waals surface area contributed by atoms with Gasteiger partial charge in [-0.2, -0.15) is 0 Å². The van der Waals surface area contributed by atoms with Crippen LogP contribution in [0.15, 0.2) is 24.3 Å². The maximum Gasteiger partial charge on any atom is 0.252 e. The van der Waals surface area contributed by atoms with Crippen LogP contribution in [0.3, 0.4) is 0 Å². The predicted molar refractivity (Wildman–Crippen MR) is 243 cm³/mol. The third-order valence-electron chi connectivity index (χ3n) is 12.1. The minimum Gasteiger partial charge on any atom is -0.387 e. The van der Waals surface area contributed by atoms with E-state index in [1.807, 2.05) is 24.3 Å². The van der Waals surface area contributed by atoms with Crippen molar-refractivity contribution in [1.29, 1.82) is 0 Å². The molecule has 0 aliphatic heterocycles. The first kappa shape index (κ1) is 52.1. The van der Waals surface area contributed by atoms with Gasteiger partial charge in [0.15, 0.2) is 0 Å². The summed E-state index contributed by atoms with van der Waals surface area (Å²) in [5, 5.41) is 20.1. The summed E-state index contributed by atoms with van der Waals surface area (Å²) >= 11 is 0. The third-order valence-corrected chi connectivity index (χ3v) is 12.1. The van der Waals surface area contributed by atoms with Crippen molar-refractivity contribution in [2.24, 2.45) is 11.8 Å². The molecule has 6 nitrogen and oxygen atoms in total. The Bertz CT molecular complexity index is 949. The molecule has 0 spiro atoms. The van der Waals surface area contributed by atoms with Gasteiger partial charge in [-0.15, -0.1) is 0 Å². The Morgan fingerprint density at radius 2 is 0.607 bits per heavy atom. The van der Waals surface area contributed by atoms with Crippen LogP contribution in [0.2, 0.25) is 0 Å². The number of nitrogens with zero attached hydrogens (tertiary/aromatic N) is 2. The van der Waals surface area contributed by atoms with Crippen LogP contribution in [0.5, 0.6) is 0 Å². The van der Waals surface area contributed by atoms with Gasteiger partial charge in [0.05, 0.1) is 0 Å². The molecule has 2 unspecified atom stereocenters. The highest BCUT2D eigenvalue weighted by atomic mass is 16.3. The lowest BCUT2D eigenvalue weighted by Gasteiger charge is -2.30. The first-order chi connectivity index (χ1) is 27.4. The summed E-state index contributed by atoms with van der Waals surface area (Å²) < 4.78 is 0. The summed E-state index contributed by atoms with van der Waals surface area (Å²) in [6.45, 7) is 9.24. The smallest absolute Gasteiger partial charge is 0.252 e. The average Bonchev–Trinajstić information content (AvgIpc) is 3.22. The van der Waals surface area contributed by atoms with Gasteiger partial charge in [0.2, 0.25) is 0 Å². The summed E-state index contributed by atoms with van der Waals surface area (Å²) in [7, 11) is 0. The fourth-order valence-corrected chi connectivity index (χ4v) is 8.42. The molecule has 0 aliphatic rings. The highest BCUT2D eigenvalue weighted by molar-refractivity contribution is 5.96. The van der Waals surface area contributed by atoms with Crippen molar-refractivity contribution < 1.29 is 19.8 Å². The van der Waals surface area contributed by atoms with E-state index in [4.69, 9.17) is 0 Å². The molecule has 1 rings (SSSR count). The molecular formula is C50H92N2O4. The molecule has 1 aromatic rings. The van der Waals surface area contributed by atoms with E-state index in [9.17, 15) is 19.8 Å². The molecule has 0 aromatic heterocycles. The van der Waals surface area contributed by atoms with Gasteiger partial charge in [-0.3, -0.25) is 9.59 Å². The Labute approximate surface area is 347 Å². The Morgan fingerprint density at radius 1 is 0.393 bits per heavy atom. The second-order valence-electron chi connectivity index (χ2n) is 17.2. The molecule has 1 aromatic carbocycles. The van der Waals surface area contributed by atoms with Crippen molar-refractivity contribution in [2.75, 3.05) is 36.1 Å². The molecule has 0 heterocycles. The molecule has 0 aliphatic carbocycles. The fraction of sp³-hybridized carbons (Fsp3) is 0.840. The van der Waals surface area contributed by atoms with E-state index in [-0.39, 0.29) is 11.8 Å². The van der Waals surface area contributed by atoms with Gasteiger partial charge >= 0.3 is 0 Å². The molecule has 326 valence electrons. The number of hydrogen-bond donors (Lipinski definition) is 2. The van der Waals surface area contributed by atoms with Crippen LogP contribution in [0.25, 0.3) is 0 Å². The van der Waals surface area contributed by atoms with Gasteiger partial charge in [0.25, 0.3) is 11.8 Å². The van der Waals surface area contributed by atoms with Crippen molar-refractivity contribution in [3.8, 4) is 0 Å². The van der Waals surface area contributed by atoms with Crippen LogP contribution in [-0.2, 0) is 9.59 Å². The molecule has 0 radical (unpaired) electrons. The Morgan fingerprint density at radius 3 is 0.821 bits per heavy atom. The van der Waals surface area contributed by atoms with Gasteiger partial charge in [-0.05, 0) is 61.8 Å². The average molecular weight is 785 g/mol. The van der Waals surface area contributed by atoms with E-state index in [2.05, 4.69) is 27.7 Å². The van der Waals surface area contributed by atoms with Crippen LogP contribution in [0.1, 0.15) is 233 Å². The van der Waals surface area contributed by atoms with Gasteiger partial charge in [0.1, 0.15) is 13.2 Å². The number of anilines is 2. The van der Waals surface area contributed by atoms with Crippen molar-refractivity contribution in [3.05, 3.63) is 24.3 Å². The second kappa shape index (κ2) is 37.4. The minimum atomic E-state index is -0.517. The molecule has 0 saturated carbocycles. The van der Waals surface area contributed by atoms with Crippen molar-refractivity contribution in [2.45, 2.75) is 233 Å². The topological polar surface area (TPSA) is 81.1 Å². The van der Waals surface area contributed by atoms with Crippen molar-refractivity contribution >= 4 is 23.2 Å². The number of benzene rings is 1. The van der Waals surface area contributed by atoms with Gasteiger partial charge in [-0.25, -0.2) is 0 Å². The molecule has 2 atom stereocenters. The summed E-state index contributed by atoms with van der Waals surface area (Å²) in [4.78, 5) is 30.2. The zero-order valence-corrected chi connectivity index (χ0v) is 37.5. The first-order valence-electron chi connectivity index (χ1n) is 24.4. The molecule has 0 saturated heterocycles. The Hall–Kier alpha value is -1.92. The predicted octanol–water partition coefficient (Wildman–Crippen LogP) is 14.1. The monoisotopic (exact) mass is 785 g/mol. The van der Waals surface area contributed by atoms with Gasteiger partial charge in [-0.1, -0.05) is 207 Å². The van der Waals surface area contributed by atoms with Crippen LogP contribution < -0.4 is 9.80 Å². The summed E-state index contributed by atoms with van der Waals surface area (Å²) in [6, 6.07) is 7.78. The molecule has 0 fully saturated rings. The normalized spacial score (nSPS) is 12.5. The highest BCUT2D eigenvalue weighted by Crippen LogP contribution is 2.28. The minimum absolute atomic E-state index is 0.269. The van der Waals surface area contributed by atoms with E-state index in [0.29, 0.717) is 24.9 Å². The second-order valence-corrected chi connectivity index (χ2v) is 17.2. The quantitative estimate of drug-likeness (QED) is 0.0650. The molecule has 6 heteroatoms. The van der Waals surface area contributed by atoms with E-state index >= 15 is 0 Å². The third kappa shape index (κ3) is 26.2. The highest BCUT2D eigenvalue weighted by Gasteiger charge is 2.23. The van der Waals surface area contributed by atoms with Crippen molar-refractivity contribution in [1.82, 2.24) is 0 Å². The molecule has 2 amide bonds. The number of aliphatic hydroxyl groups is 2. The zero-order chi connectivity index (χ0) is 40.9. The molecule has 56 heavy (non-hydrogen) atoms. The van der Waals surface area contributed by atoms with Gasteiger partial charge in [0, 0.05) is 24.5 Å². The van der Waals surface area contributed by atoms with E-state index < -0.39 is 13.2 Å². The van der Waals surface area contributed by atoms with E-state index in [0.717, 1.165) is 37.1 Å². The number of rotatable bonds is 40. The van der Waals surface area contributed by atoms with E-state index in [1.165, 1.54) is 180 Å². The lowest BCUT2D eigenvalue weighted by atomic mass is 9.93. The number of hydrogen-bond acceptors (Lipinski definition) is 4. The standard InChI is InChI=1S/C50H92N2O4/c1-5-9-13-17-21-23-27-31-35-45(33-29-25-19-15-11-7-3)41-51(49(55)43-53)47-37-39-48(40-38-47)52(50(56)44-54)42-46(34-30-26-20-16-12-8-4)36-32-28-24-22-18-14-10-6-2/h37-40,45-46,53-54H,5-36,41-44H2,1-4H3. The van der Waals surface area contributed by atoms with Gasteiger partial charge < -0.3 is 20.0 Å². The number of carbonyl (C=O) groups excluding carboxylic acids is 2. The molecule has 0 bridgehead atoms. The largest absolute Gasteiger partial charge is 0.387 e. The summed E-state index contributed by atoms with van der Waals surface area (Å²) in [5.74, 6) is 0.245. The number of carbonyl (C=O) groups is 2. The number of amides is 2. The lowest BCUT2D eigenvalue weighted by Crippen LogP contribution is -2.38. The zero-order valence-electron chi connectivity index (χ0n) is 37.5. The van der Waals surface area contributed by atoms with E-state index in [1.54, 1.807) is 9.80 Å². The van der Waals surface area contributed by atoms with Crippen LogP contribution in [-0.4, -0.2) is 48.3 Å². The summed E-state index contributed by atoms with van der Waals surface area (Å²) in [6.07, 6.45) is 40.2. The van der Waals surface area contributed by atoms with Crippen molar-refractivity contribution in [3.63, 3.8) is 0 Å². The number of unbranched alkanes of at least 4 members (excludes halogenated alkanes) is 24. The Kier molecular flexibility index (Phi) is 34.8. The maximum absolute atomic E-state index is 13.3. The Balaban J connectivity index is 3.06. The molecular weight excluding hydrogens is 693 g/mol. The van der Waals surface area contributed by atoms with Crippen LogP contribution in [0.4, 0.5) is 11.4 Å². The fourth-order valence-electron chi connectivity index (χ4n) is 8.42. The molecule has 2 N–H and O–H groups in total.